The number of carbonyl (C=O) groups excluding carboxylic acids is 1. The number of ether oxygens (including phenoxy) is 1. The third-order valence-corrected chi connectivity index (χ3v) is 2.69. The molecular formula is C11H12Cl2O2. The highest BCUT2D eigenvalue weighted by atomic mass is 35.5. The summed E-state index contributed by atoms with van der Waals surface area (Å²) in [6, 6.07) is 3.45. The minimum absolute atomic E-state index is 0.161. The normalized spacial score (nSPS) is 10.1. The molecule has 0 fully saturated rings. The Bertz CT molecular complexity index is 375. The van der Waals surface area contributed by atoms with Gasteiger partial charge in [-0.05, 0) is 37.1 Å². The van der Waals surface area contributed by atoms with Crippen LogP contribution in [0.15, 0.2) is 12.1 Å². The summed E-state index contributed by atoms with van der Waals surface area (Å²) in [6.45, 7) is 3.99. The fourth-order valence-electron chi connectivity index (χ4n) is 1.29. The SMILES string of the molecule is CCOC(=O)Cc1cc(Cl)cc(C)c1Cl. The van der Waals surface area contributed by atoms with E-state index in [2.05, 4.69) is 0 Å². The van der Waals surface area contributed by atoms with Crippen LogP contribution in [0.2, 0.25) is 10.0 Å². The Morgan fingerprint density at radius 3 is 2.67 bits per heavy atom. The van der Waals surface area contributed by atoms with E-state index in [4.69, 9.17) is 27.9 Å². The lowest BCUT2D eigenvalue weighted by atomic mass is 10.1. The van der Waals surface area contributed by atoms with Gasteiger partial charge in [-0.3, -0.25) is 4.79 Å². The van der Waals surface area contributed by atoms with Gasteiger partial charge >= 0.3 is 5.97 Å². The quantitative estimate of drug-likeness (QED) is 0.765. The smallest absolute Gasteiger partial charge is 0.310 e. The molecule has 0 spiro atoms. The van der Waals surface area contributed by atoms with Gasteiger partial charge in [-0.15, -0.1) is 0 Å². The van der Waals surface area contributed by atoms with Gasteiger partial charge in [0.1, 0.15) is 0 Å². The van der Waals surface area contributed by atoms with E-state index in [0.717, 1.165) is 5.56 Å². The summed E-state index contributed by atoms with van der Waals surface area (Å²) in [4.78, 5) is 11.3. The molecule has 0 aliphatic heterocycles. The van der Waals surface area contributed by atoms with Crippen molar-refractivity contribution < 1.29 is 9.53 Å². The Balaban J connectivity index is 2.89. The number of benzene rings is 1. The number of rotatable bonds is 3. The van der Waals surface area contributed by atoms with Crippen molar-refractivity contribution in [2.24, 2.45) is 0 Å². The number of aryl methyl sites for hydroxylation is 1. The number of hydrogen-bond donors (Lipinski definition) is 0. The molecule has 0 N–H and O–H groups in total. The topological polar surface area (TPSA) is 26.3 Å². The van der Waals surface area contributed by atoms with Crippen LogP contribution in [0.25, 0.3) is 0 Å². The first-order chi connectivity index (χ1) is 7.04. The zero-order chi connectivity index (χ0) is 11.4. The Kier molecular flexibility index (Phi) is 4.43. The molecule has 4 heteroatoms. The summed E-state index contributed by atoms with van der Waals surface area (Å²) in [6.07, 6.45) is 0.161. The van der Waals surface area contributed by atoms with Gasteiger partial charge in [0.2, 0.25) is 0 Å². The van der Waals surface area contributed by atoms with Gasteiger partial charge in [0.25, 0.3) is 0 Å². The van der Waals surface area contributed by atoms with E-state index in [1.54, 1.807) is 19.1 Å². The van der Waals surface area contributed by atoms with Gasteiger partial charge in [0.05, 0.1) is 13.0 Å². The Labute approximate surface area is 99.1 Å². The Hall–Kier alpha value is -0.730. The van der Waals surface area contributed by atoms with Crippen molar-refractivity contribution in [3.63, 3.8) is 0 Å². The molecule has 15 heavy (non-hydrogen) atoms. The van der Waals surface area contributed by atoms with Crippen LogP contribution >= 0.6 is 23.2 Å². The van der Waals surface area contributed by atoms with Crippen LogP contribution in [0, 0.1) is 6.92 Å². The molecule has 0 aromatic heterocycles. The van der Waals surface area contributed by atoms with E-state index in [1.165, 1.54) is 0 Å². The maximum absolute atomic E-state index is 11.3. The maximum atomic E-state index is 11.3. The summed E-state index contributed by atoms with van der Waals surface area (Å²) >= 11 is 11.9. The second-order valence-corrected chi connectivity index (χ2v) is 3.99. The predicted molar refractivity (Wildman–Crippen MR) is 61.5 cm³/mol. The van der Waals surface area contributed by atoms with Gasteiger partial charge in [-0.2, -0.15) is 0 Å². The number of halogens is 2. The average Bonchev–Trinajstić information content (AvgIpc) is 2.13. The predicted octanol–water partition coefficient (Wildman–Crippen LogP) is 3.41. The average molecular weight is 247 g/mol. The first-order valence-electron chi connectivity index (χ1n) is 4.64. The van der Waals surface area contributed by atoms with Gasteiger partial charge < -0.3 is 4.74 Å². The molecule has 0 amide bonds. The lowest BCUT2D eigenvalue weighted by molar-refractivity contribution is -0.142. The first kappa shape index (κ1) is 12.3. The van der Waals surface area contributed by atoms with Crippen LogP contribution in [0.5, 0.6) is 0 Å². The summed E-state index contributed by atoms with van der Waals surface area (Å²) in [5.41, 5.74) is 1.57. The Morgan fingerprint density at radius 2 is 2.07 bits per heavy atom. The molecule has 0 aliphatic carbocycles. The van der Waals surface area contributed by atoms with Gasteiger partial charge in [-0.25, -0.2) is 0 Å². The van der Waals surface area contributed by atoms with Crippen molar-refractivity contribution in [2.45, 2.75) is 20.3 Å². The molecule has 1 aromatic rings. The minimum Gasteiger partial charge on any atom is -0.466 e. The second-order valence-electron chi connectivity index (χ2n) is 3.18. The molecule has 82 valence electrons. The zero-order valence-electron chi connectivity index (χ0n) is 8.64. The monoisotopic (exact) mass is 246 g/mol. The van der Waals surface area contributed by atoms with Gasteiger partial charge in [0, 0.05) is 10.0 Å². The van der Waals surface area contributed by atoms with E-state index < -0.39 is 0 Å². The molecule has 0 radical (unpaired) electrons. The van der Waals surface area contributed by atoms with Crippen molar-refractivity contribution in [3.8, 4) is 0 Å². The minimum atomic E-state index is -0.291. The molecule has 2 nitrogen and oxygen atoms in total. The maximum Gasteiger partial charge on any atom is 0.310 e. The highest BCUT2D eigenvalue weighted by Gasteiger charge is 2.10. The molecule has 0 heterocycles. The third-order valence-electron chi connectivity index (χ3n) is 1.93. The van der Waals surface area contributed by atoms with Crippen LogP contribution < -0.4 is 0 Å². The van der Waals surface area contributed by atoms with E-state index in [0.29, 0.717) is 22.2 Å². The van der Waals surface area contributed by atoms with Gasteiger partial charge in [-0.1, -0.05) is 23.2 Å². The van der Waals surface area contributed by atoms with Gasteiger partial charge in [0.15, 0.2) is 0 Å². The molecule has 1 rings (SSSR count). The fraction of sp³-hybridized carbons (Fsp3) is 0.364. The number of carbonyl (C=O) groups is 1. The fourth-order valence-corrected chi connectivity index (χ4v) is 1.76. The molecule has 0 saturated heterocycles. The summed E-state index contributed by atoms with van der Waals surface area (Å²) < 4.78 is 4.84. The molecular weight excluding hydrogens is 235 g/mol. The molecule has 0 saturated carbocycles. The van der Waals surface area contributed by atoms with Crippen LogP contribution in [0.4, 0.5) is 0 Å². The van der Waals surface area contributed by atoms with E-state index in [-0.39, 0.29) is 12.4 Å². The second kappa shape index (κ2) is 5.38. The highest BCUT2D eigenvalue weighted by Crippen LogP contribution is 2.25. The molecule has 0 unspecified atom stereocenters. The summed E-state index contributed by atoms with van der Waals surface area (Å²) in [5, 5.41) is 1.16. The van der Waals surface area contributed by atoms with Crippen LogP contribution in [-0.4, -0.2) is 12.6 Å². The van der Waals surface area contributed by atoms with E-state index >= 15 is 0 Å². The first-order valence-corrected chi connectivity index (χ1v) is 5.40. The van der Waals surface area contributed by atoms with E-state index in [9.17, 15) is 4.79 Å². The molecule has 0 bridgehead atoms. The largest absolute Gasteiger partial charge is 0.466 e. The highest BCUT2D eigenvalue weighted by molar-refractivity contribution is 6.34. The lowest BCUT2D eigenvalue weighted by Gasteiger charge is -2.07. The van der Waals surface area contributed by atoms with Crippen molar-refractivity contribution in [2.75, 3.05) is 6.61 Å². The van der Waals surface area contributed by atoms with Crippen molar-refractivity contribution in [1.29, 1.82) is 0 Å². The summed E-state index contributed by atoms with van der Waals surface area (Å²) in [5.74, 6) is -0.291. The van der Waals surface area contributed by atoms with Crippen LogP contribution in [0.3, 0.4) is 0 Å². The number of esters is 1. The molecule has 0 aliphatic rings. The third kappa shape index (κ3) is 3.40. The van der Waals surface area contributed by atoms with Crippen molar-refractivity contribution in [3.05, 3.63) is 33.3 Å². The van der Waals surface area contributed by atoms with Crippen LogP contribution in [-0.2, 0) is 16.0 Å². The molecule has 1 aromatic carbocycles. The van der Waals surface area contributed by atoms with Crippen LogP contribution in [0.1, 0.15) is 18.1 Å². The van der Waals surface area contributed by atoms with E-state index in [1.807, 2.05) is 6.92 Å². The summed E-state index contributed by atoms with van der Waals surface area (Å²) in [7, 11) is 0. The Morgan fingerprint density at radius 1 is 1.40 bits per heavy atom. The lowest BCUT2D eigenvalue weighted by Crippen LogP contribution is -2.08. The standard InChI is InChI=1S/C11H12Cl2O2/c1-3-15-10(14)6-8-5-9(12)4-7(2)11(8)13/h4-5H,3,6H2,1-2H3. The van der Waals surface area contributed by atoms with Crippen molar-refractivity contribution >= 4 is 29.2 Å². The van der Waals surface area contributed by atoms with Crippen molar-refractivity contribution in [1.82, 2.24) is 0 Å². The molecule has 0 atom stereocenters. The number of hydrogen-bond acceptors (Lipinski definition) is 2. The zero-order valence-corrected chi connectivity index (χ0v) is 10.2.